The highest BCUT2D eigenvalue weighted by Crippen LogP contribution is 2.60. The molecule has 2 fully saturated rings. The van der Waals surface area contributed by atoms with E-state index in [2.05, 4.69) is 25.8 Å². The van der Waals surface area contributed by atoms with Gasteiger partial charge in [-0.1, -0.05) is 13.8 Å². The van der Waals surface area contributed by atoms with Crippen molar-refractivity contribution in [1.82, 2.24) is 4.90 Å². The van der Waals surface area contributed by atoms with Gasteiger partial charge in [-0.05, 0) is 50.1 Å². The van der Waals surface area contributed by atoms with Crippen molar-refractivity contribution >= 4 is 0 Å². The summed E-state index contributed by atoms with van der Waals surface area (Å²) in [5.41, 5.74) is 0.791. The van der Waals surface area contributed by atoms with Crippen molar-refractivity contribution in [3.8, 4) is 0 Å². The summed E-state index contributed by atoms with van der Waals surface area (Å²) in [6, 6.07) is 0. The molecule has 1 aliphatic carbocycles. The van der Waals surface area contributed by atoms with Crippen molar-refractivity contribution in [2.45, 2.75) is 33.1 Å². The predicted molar refractivity (Wildman–Crippen MR) is 52.1 cm³/mol. The molecule has 1 heteroatoms. The molecule has 0 radical (unpaired) electrons. The molecule has 2 aliphatic rings. The third-order valence-electron chi connectivity index (χ3n) is 3.69. The molecule has 0 bridgehead atoms. The third-order valence-corrected chi connectivity index (χ3v) is 3.69. The lowest BCUT2D eigenvalue weighted by atomic mass is 9.97. The number of nitrogens with zero attached hydrogens (tertiary/aromatic N) is 1. The minimum Gasteiger partial charge on any atom is -0.306 e. The Balaban J connectivity index is 1.85. The maximum atomic E-state index is 2.50. The topological polar surface area (TPSA) is 3.24 Å². The van der Waals surface area contributed by atoms with Gasteiger partial charge in [-0.25, -0.2) is 0 Å². The van der Waals surface area contributed by atoms with Gasteiger partial charge in [0.05, 0.1) is 0 Å². The first-order chi connectivity index (χ1) is 5.62. The Kier molecular flexibility index (Phi) is 1.95. The highest BCUT2D eigenvalue weighted by atomic mass is 15.1. The molecule has 0 aromatic carbocycles. The normalized spacial score (nSPS) is 41.5. The highest BCUT2D eigenvalue weighted by Gasteiger charge is 2.55. The quantitative estimate of drug-likeness (QED) is 0.610. The van der Waals surface area contributed by atoms with Crippen LogP contribution in [0.1, 0.15) is 33.1 Å². The van der Waals surface area contributed by atoms with Gasteiger partial charge in [0, 0.05) is 6.54 Å². The smallest absolute Gasteiger partial charge is 0.00382 e. The maximum absolute atomic E-state index is 2.50. The van der Waals surface area contributed by atoms with E-state index in [0.717, 1.165) is 17.3 Å². The lowest BCUT2D eigenvalue weighted by Gasteiger charge is -2.11. The second-order valence-corrected chi connectivity index (χ2v) is 5.38. The minimum atomic E-state index is 0.791. The van der Waals surface area contributed by atoms with E-state index < -0.39 is 0 Å². The molecule has 2 atom stereocenters. The van der Waals surface area contributed by atoms with Crippen LogP contribution in [0.5, 0.6) is 0 Å². The minimum absolute atomic E-state index is 0.791. The second kappa shape index (κ2) is 2.73. The van der Waals surface area contributed by atoms with Gasteiger partial charge in [0.2, 0.25) is 0 Å². The van der Waals surface area contributed by atoms with Crippen LogP contribution in [0.15, 0.2) is 0 Å². The van der Waals surface area contributed by atoms with Crippen LogP contribution in [-0.4, -0.2) is 25.0 Å². The summed E-state index contributed by atoms with van der Waals surface area (Å²) in [5, 5.41) is 0. The largest absolute Gasteiger partial charge is 0.306 e. The molecule has 70 valence electrons. The molecule has 0 amide bonds. The average molecular weight is 167 g/mol. The van der Waals surface area contributed by atoms with E-state index in [1.807, 2.05) is 0 Å². The fourth-order valence-electron chi connectivity index (χ4n) is 2.94. The predicted octanol–water partition coefficient (Wildman–Crippen LogP) is 2.37. The molecule has 1 heterocycles. The summed E-state index contributed by atoms with van der Waals surface area (Å²) in [7, 11) is 2.26. The lowest BCUT2D eigenvalue weighted by molar-refractivity contribution is 0.363. The summed E-state index contributed by atoms with van der Waals surface area (Å²) in [6.07, 6.45) is 4.46. The van der Waals surface area contributed by atoms with E-state index in [1.54, 1.807) is 0 Å². The zero-order valence-electron chi connectivity index (χ0n) is 8.64. The van der Waals surface area contributed by atoms with Gasteiger partial charge in [0.1, 0.15) is 0 Å². The molecule has 2 unspecified atom stereocenters. The van der Waals surface area contributed by atoms with Crippen molar-refractivity contribution < 1.29 is 0 Å². The molecule has 0 N–H and O–H groups in total. The van der Waals surface area contributed by atoms with Gasteiger partial charge in [0.15, 0.2) is 0 Å². The summed E-state index contributed by atoms with van der Waals surface area (Å²) in [5.74, 6) is 1.97. The van der Waals surface area contributed by atoms with Crippen LogP contribution in [0.25, 0.3) is 0 Å². The van der Waals surface area contributed by atoms with E-state index in [1.165, 1.54) is 32.4 Å². The van der Waals surface area contributed by atoms with Gasteiger partial charge >= 0.3 is 0 Å². The lowest BCUT2D eigenvalue weighted by Crippen LogP contribution is -2.15. The van der Waals surface area contributed by atoms with E-state index >= 15 is 0 Å². The Bertz CT molecular complexity index is 176. The van der Waals surface area contributed by atoms with Crippen LogP contribution in [-0.2, 0) is 0 Å². The summed E-state index contributed by atoms with van der Waals surface area (Å²) in [4.78, 5) is 2.50. The first-order valence-electron chi connectivity index (χ1n) is 5.31. The standard InChI is InChI=1S/C11H21N/c1-9(2)6-10-7-11(10)4-5-12(3)8-11/h9-10H,4-8H2,1-3H3. The fourth-order valence-corrected chi connectivity index (χ4v) is 2.94. The monoisotopic (exact) mass is 167 g/mol. The molecule has 1 saturated carbocycles. The van der Waals surface area contributed by atoms with Gasteiger partial charge in [-0.15, -0.1) is 0 Å². The molecule has 1 saturated heterocycles. The Morgan fingerprint density at radius 2 is 2.25 bits per heavy atom. The Morgan fingerprint density at radius 1 is 1.50 bits per heavy atom. The first-order valence-corrected chi connectivity index (χ1v) is 5.31. The van der Waals surface area contributed by atoms with Crippen molar-refractivity contribution in [3.63, 3.8) is 0 Å². The summed E-state index contributed by atoms with van der Waals surface area (Å²) in [6.45, 7) is 7.42. The Morgan fingerprint density at radius 3 is 2.75 bits per heavy atom. The zero-order chi connectivity index (χ0) is 8.77. The van der Waals surface area contributed by atoms with E-state index in [-0.39, 0.29) is 0 Å². The van der Waals surface area contributed by atoms with Crippen LogP contribution < -0.4 is 0 Å². The molecule has 12 heavy (non-hydrogen) atoms. The van der Waals surface area contributed by atoms with Gasteiger partial charge in [-0.2, -0.15) is 0 Å². The Hall–Kier alpha value is -0.0400. The van der Waals surface area contributed by atoms with E-state index in [4.69, 9.17) is 0 Å². The molecule has 1 spiro atoms. The van der Waals surface area contributed by atoms with E-state index in [0.29, 0.717) is 0 Å². The fraction of sp³-hybridized carbons (Fsp3) is 1.00. The molecular formula is C11H21N. The summed E-state index contributed by atoms with van der Waals surface area (Å²) < 4.78 is 0. The SMILES string of the molecule is CC(C)CC1CC12CCN(C)C2. The van der Waals surface area contributed by atoms with Crippen LogP contribution in [0.3, 0.4) is 0 Å². The molecule has 2 rings (SSSR count). The van der Waals surface area contributed by atoms with Crippen molar-refractivity contribution in [2.75, 3.05) is 20.1 Å². The molecule has 1 aliphatic heterocycles. The highest BCUT2D eigenvalue weighted by molar-refractivity contribution is 5.07. The van der Waals surface area contributed by atoms with Crippen LogP contribution in [0, 0.1) is 17.3 Å². The van der Waals surface area contributed by atoms with Gasteiger partial charge in [-0.3, -0.25) is 0 Å². The molecule has 0 aromatic heterocycles. The zero-order valence-corrected chi connectivity index (χ0v) is 8.64. The number of rotatable bonds is 2. The van der Waals surface area contributed by atoms with Crippen molar-refractivity contribution in [2.24, 2.45) is 17.3 Å². The molecular weight excluding hydrogens is 146 g/mol. The Labute approximate surface area is 76.1 Å². The molecule has 1 nitrogen and oxygen atoms in total. The van der Waals surface area contributed by atoms with Gasteiger partial charge < -0.3 is 4.90 Å². The second-order valence-electron chi connectivity index (χ2n) is 5.38. The van der Waals surface area contributed by atoms with Crippen molar-refractivity contribution in [1.29, 1.82) is 0 Å². The van der Waals surface area contributed by atoms with Crippen LogP contribution >= 0.6 is 0 Å². The first kappa shape index (κ1) is 8.55. The number of likely N-dealkylation sites (tertiary alicyclic amines) is 1. The third kappa shape index (κ3) is 1.39. The summed E-state index contributed by atoms with van der Waals surface area (Å²) >= 11 is 0. The van der Waals surface area contributed by atoms with E-state index in [9.17, 15) is 0 Å². The molecule has 0 aromatic rings. The van der Waals surface area contributed by atoms with Crippen LogP contribution in [0.4, 0.5) is 0 Å². The number of hydrogen-bond donors (Lipinski definition) is 0. The average Bonchev–Trinajstić information content (AvgIpc) is 2.42. The number of hydrogen-bond acceptors (Lipinski definition) is 1. The van der Waals surface area contributed by atoms with Gasteiger partial charge in [0.25, 0.3) is 0 Å². The van der Waals surface area contributed by atoms with Crippen molar-refractivity contribution in [3.05, 3.63) is 0 Å². The van der Waals surface area contributed by atoms with Crippen LogP contribution in [0.2, 0.25) is 0 Å². The maximum Gasteiger partial charge on any atom is 0.00382 e.